The topological polar surface area (TPSA) is 35.6 Å². The van der Waals surface area contributed by atoms with Crippen molar-refractivity contribution in [3.63, 3.8) is 0 Å². The second-order valence-electron chi connectivity index (χ2n) is 5.59. The first-order chi connectivity index (χ1) is 10.1. The zero-order chi connectivity index (χ0) is 15.1. The number of rotatable bonds is 6. The van der Waals surface area contributed by atoms with Crippen LogP contribution >= 0.6 is 11.6 Å². The predicted octanol–water partition coefficient (Wildman–Crippen LogP) is 1.98. The molecule has 0 unspecified atom stereocenters. The van der Waals surface area contributed by atoms with Gasteiger partial charge in [-0.2, -0.15) is 0 Å². The number of hydrogen-bond donors (Lipinski definition) is 1. The van der Waals surface area contributed by atoms with Gasteiger partial charge in [-0.1, -0.05) is 23.7 Å². The largest absolute Gasteiger partial charge is 0.340 e. The van der Waals surface area contributed by atoms with Crippen LogP contribution in [0.1, 0.15) is 18.4 Å². The summed E-state index contributed by atoms with van der Waals surface area (Å²) in [5, 5.41) is 4.13. The zero-order valence-corrected chi connectivity index (χ0v) is 13.4. The van der Waals surface area contributed by atoms with Gasteiger partial charge in [-0.15, -0.1) is 0 Å². The third-order valence-corrected chi connectivity index (χ3v) is 4.09. The van der Waals surface area contributed by atoms with E-state index in [0.717, 1.165) is 50.7 Å². The summed E-state index contributed by atoms with van der Waals surface area (Å²) in [6.07, 6.45) is 1.52. The van der Waals surface area contributed by atoms with E-state index in [2.05, 4.69) is 17.3 Å². The number of nitrogens with zero attached hydrogens (tertiary/aromatic N) is 2. The number of likely N-dealkylation sites (N-methyl/N-ethyl adjacent to an activating group) is 1. The summed E-state index contributed by atoms with van der Waals surface area (Å²) < 4.78 is 0. The lowest BCUT2D eigenvalue weighted by Gasteiger charge is -2.32. The molecule has 1 aliphatic rings. The van der Waals surface area contributed by atoms with Gasteiger partial charge in [-0.3, -0.25) is 4.79 Å². The van der Waals surface area contributed by atoms with Crippen molar-refractivity contribution in [3.8, 4) is 0 Å². The smallest absolute Gasteiger partial charge is 0.222 e. The van der Waals surface area contributed by atoms with Gasteiger partial charge < -0.3 is 15.1 Å². The summed E-state index contributed by atoms with van der Waals surface area (Å²) in [4.78, 5) is 16.3. The van der Waals surface area contributed by atoms with Crippen molar-refractivity contribution in [1.82, 2.24) is 15.1 Å². The van der Waals surface area contributed by atoms with Crippen LogP contribution in [0.25, 0.3) is 0 Å². The summed E-state index contributed by atoms with van der Waals surface area (Å²) >= 11 is 5.85. The lowest BCUT2D eigenvalue weighted by molar-refractivity contribution is -0.132. The van der Waals surface area contributed by atoms with Crippen LogP contribution < -0.4 is 5.32 Å². The van der Waals surface area contributed by atoms with E-state index in [-0.39, 0.29) is 5.91 Å². The minimum absolute atomic E-state index is 0.288. The number of amides is 1. The van der Waals surface area contributed by atoms with Gasteiger partial charge in [0.25, 0.3) is 0 Å². The van der Waals surface area contributed by atoms with Crippen molar-refractivity contribution in [3.05, 3.63) is 34.9 Å². The van der Waals surface area contributed by atoms with Crippen molar-refractivity contribution < 1.29 is 4.79 Å². The zero-order valence-electron chi connectivity index (χ0n) is 12.6. The third kappa shape index (κ3) is 5.65. The Labute approximate surface area is 132 Å². The third-order valence-electron chi connectivity index (χ3n) is 3.84. The fraction of sp³-hybridized carbons (Fsp3) is 0.562. The Kier molecular flexibility index (Phi) is 6.49. The molecule has 1 amide bonds. The van der Waals surface area contributed by atoms with Gasteiger partial charge in [0.15, 0.2) is 0 Å². The van der Waals surface area contributed by atoms with Gasteiger partial charge in [0.1, 0.15) is 0 Å². The van der Waals surface area contributed by atoms with E-state index in [9.17, 15) is 4.79 Å². The van der Waals surface area contributed by atoms with E-state index in [0.29, 0.717) is 6.42 Å². The molecule has 0 spiro atoms. The molecule has 4 nitrogen and oxygen atoms in total. The molecule has 1 N–H and O–H groups in total. The lowest BCUT2D eigenvalue weighted by atomic mass is 10.2. The number of hydrogen-bond acceptors (Lipinski definition) is 3. The van der Waals surface area contributed by atoms with Crippen molar-refractivity contribution in [2.45, 2.75) is 19.4 Å². The highest BCUT2D eigenvalue weighted by molar-refractivity contribution is 6.30. The number of carbonyl (C=O) groups excluding carboxylic acids is 1. The standard InChI is InChI=1S/C16H24ClN3O/c1-19-9-11-20(12-10-19)16(21)3-2-8-18-13-14-4-6-15(17)7-5-14/h4-7,18H,2-3,8-13H2,1H3. The summed E-state index contributed by atoms with van der Waals surface area (Å²) in [6.45, 7) is 5.39. The molecule has 1 aromatic carbocycles. The van der Waals surface area contributed by atoms with Gasteiger partial charge in [0.2, 0.25) is 5.91 Å². The maximum Gasteiger partial charge on any atom is 0.222 e. The average Bonchev–Trinajstić information content (AvgIpc) is 2.49. The summed E-state index contributed by atoms with van der Waals surface area (Å²) in [5.74, 6) is 0.288. The van der Waals surface area contributed by atoms with Crippen LogP contribution in [0, 0.1) is 0 Å². The average molecular weight is 310 g/mol. The van der Waals surface area contributed by atoms with E-state index in [4.69, 9.17) is 11.6 Å². The van der Waals surface area contributed by atoms with Crippen molar-refractivity contribution in [2.75, 3.05) is 39.8 Å². The molecule has 21 heavy (non-hydrogen) atoms. The quantitative estimate of drug-likeness (QED) is 0.816. The highest BCUT2D eigenvalue weighted by Gasteiger charge is 2.18. The lowest BCUT2D eigenvalue weighted by Crippen LogP contribution is -2.47. The molecule has 1 aliphatic heterocycles. The molecule has 0 radical (unpaired) electrons. The number of nitrogens with one attached hydrogen (secondary N) is 1. The molecule has 116 valence electrons. The van der Waals surface area contributed by atoms with Crippen LogP contribution in [0.4, 0.5) is 0 Å². The van der Waals surface area contributed by atoms with E-state index >= 15 is 0 Å². The molecule has 0 saturated carbocycles. The van der Waals surface area contributed by atoms with E-state index < -0.39 is 0 Å². The van der Waals surface area contributed by atoms with Crippen molar-refractivity contribution >= 4 is 17.5 Å². The Morgan fingerprint density at radius 3 is 2.52 bits per heavy atom. The Bertz CT molecular complexity index is 441. The number of halogens is 1. The van der Waals surface area contributed by atoms with Crippen LogP contribution in [0.2, 0.25) is 5.02 Å². The molecular weight excluding hydrogens is 286 g/mol. The highest BCUT2D eigenvalue weighted by atomic mass is 35.5. The van der Waals surface area contributed by atoms with Gasteiger partial charge in [-0.25, -0.2) is 0 Å². The van der Waals surface area contributed by atoms with Crippen molar-refractivity contribution in [2.24, 2.45) is 0 Å². The van der Waals surface area contributed by atoms with Crippen molar-refractivity contribution in [1.29, 1.82) is 0 Å². The van der Waals surface area contributed by atoms with E-state index in [1.807, 2.05) is 29.2 Å². The molecule has 5 heteroatoms. The summed E-state index contributed by atoms with van der Waals surface area (Å²) in [7, 11) is 2.10. The molecule has 0 aliphatic carbocycles. The maximum atomic E-state index is 12.0. The molecule has 0 bridgehead atoms. The highest BCUT2D eigenvalue weighted by Crippen LogP contribution is 2.09. The molecule has 1 heterocycles. The summed E-state index contributed by atoms with van der Waals surface area (Å²) in [5.41, 5.74) is 1.21. The minimum Gasteiger partial charge on any atom is -0.340 e. The molecule has 1 fully saturated rings. The fourth-order valence-electron chi connectivity index (χ4n) is 2.41. The maximum absolute atomic E-state index is 12.0. The molecule has 2 rings (SSSR count). The van der Waals surface area contributed by atoms with Crippen LogP contribution in [0.3, 0.4) is 0 Å². The monoisotopic (exact) mass is 309 g/mol. The van der Waals surface area contributed by atoms with Crippen LogP contribution in [0.5, 0.6) is 0 Å². The minimum atomic E-state index is 0.288. The fourth-order valence-corrected chi connectivity index (χ4v) is 2.54. The second-order valence-corrected chi connectivity index (χ2v) is 6.03. The summed E-state index contributed by atoms with van der Waals surface area (Å²) in [6, 6.07) is 7.83. The van der Waals surface area contributed by atoms with Gasteiger partial charge in [0, 0.05) is 44.2 Å². The Morgan fingerprint density at radius 1 is 1.19 bits per heavy atom. The van der Waals surface area contributed by atoms with Crippen LogP contribution in [0.15, 0.2) is 24.3 Å². The first kappa shape index (κ1) is 16.3. The van der Waals surface area contributed by atoms with Gasteiger partial charge in [0.05, 0.1) is 0 Å². The van der Waals surface area contributed by atoms with Crippen LogP contribution in [-0.2, 0) is 11.3 Å². The number of piperazine rings is 1. The molecule has 0 atom stereocenters. The normalized spacial score (nSPS) is 16.2. The van der Waals surface area contributed by atoms with Crippen LogP contribution in [-0.4, -0.2) is 55.5 Å². The number of benzene rings is 1. The molecule has 1 aromatic rings. The Balaban J connectivity index is 1.57. The first-order valence-electron chi connectivity index (χ1n) is 7.56. The SMILES string of the molecule is CN1CCN(C(=O)CCCNCc2ccc(Cl)cc2)CC1. The first-order valence-corrected chi connectivity index (χ1v) is 7.94. The second kappa shape index (κ2) is 8.37. The molecule has 1 saturated heterocycles. The van der Waals surface area contributed by atoms with Gasteiger partial charge >= 0.3 is 0 Å². The van der Waals surface area contributed by atoms with Gasteiger partial charge in [-0.05, 0) is 37.7 Å². The van der Waals surface area contributed by atoms with E-state index in [1.165, 1.54) is 5.56 Å². The molecular formula is C16H24ClN3O. The predicted molar refractivity (Wildman–Crippen MR) is 86.5 cm³/mol. The molecule has 0 aromatic heterocycles. The van der Waals surface area contributed by atoms with E-state index in [1.54, 1.807) is 0 Å². The Hall–Kier alpha value is -1.10. The Morgan fingerprint density at radius 2 is 1.86 bits per heavy atom. The number of carbonyl (C=O) groups is 1.